The zero-order valence-corrected chi connectivity index (χ0v) is 12.0. The Morgan fingerprint density at radius 2 is 2.05 bits per heavy atom. The molecule has 1 rings (SSSR count). The first-order chi connectivity index (χ1) is 8.83. The second kappa shape index (κ2) is 6.40. The number of rotatable bonds is 2. The predicted octanol–water partition coefficient (Wildman–Crippen LogP) is 2.26. The standard InChI is InChI=1S/C16H21NO2/c1-12-8-9-14(15(19)17-16(2,3)4)11-13(12)7-5-6-10-18/h8-9,11,18H,6,10H2,1-4H3,(H,17,19). The van der Waals surface area contributed by atoms with E-state index in [0.717, 1.165) is 11.1 Å². The molecule has 0 aliphatic rings. The lowest BCUT2D eigenvalue weighted by atomic mass is 10.0. The summed E-state index contributed by atoms with van der Waals surface area (Å²) in [5, 5.41) is 11.6. The van der Waals surface area contributed by atoms with Crippen molar-refractivity contribution in [3.63, 3.8) is 0 Å². The maximum atomic E-state index is 12.1. The molecule has 0 unspecified atom stereocenters. The lowest BCUT2D eigenvalue weighted by molar-refractivity contribution is 0.0919. The Balaban J connectivity index is 2.97. The highest BCUT2D eigenvalue weighted by atomic mass is 16.2. The quantitative estimate of drug-likeness (QED) is 0.800. The molecule has 102 valence electrons. The molecule has 0 radical (unpaired) electrons. The fourth-order valence-electron chi connectivity index (χ4n) is 1.52. The van der Waals surface area contributed by atoms with Crippen molar-refractivity contribution in [1.82, 2.24) is 5.32 Å². The average molecular weight is 259 g/mol. The van der Waals surface area contributed by atoms with Crippen molar-refractivity contribution in [1.29, 1.82) is 0 Å². The number of carbonyl (C=O) groups excluding carboxylic acids is 1. The molecule has 3 heteroatoms. The topological polar surface area (TPSA) is 49.3 Å². The van der Waals surface area contributed by atoms with E-state index in [4.69, 9.17) is 5.11 Å². The van der Waals surface area contributed by atoms with Gasteiger partial charge in [0.15, 0.2) is 0 Å². The van der Waals surface area contributed by atoms with Gasteiger partial charge in [-0.15, -0.1) is 0 Å². The highest BCUT2D eigenvalue weighted by Gasteiger charge is 2.15. The highest BCUT2D eigenvalue weighted by Crippen LogP contribution is 2.11. The molecular weight excluding hydrogens is 238 g/mol. The molecular formula is C16H21NO2. The van der Waals surface area contributed by atoms with Crippen molar-refractivity contribution in [2.45, 2.75) is 39.7 Å². The van der Waals surface area contributed by atoms with Crippen LogP contribution in [-0.4, -0.2) is 23.2 Å². The second-order valence-corrected chi connectivity index (χ2v) is 5.51. The molecule has 1 aromatic carbocycles. The molecule has 0 spiro atoms. The summed E-state index contributed by atoms with van der Waals surface area (Å²) in [6.07, 6.45) is 0.442. The number of aliphatic hydroxyl groups excluding tert-OH is 1. The second-order valence-electron chi connectivity index (χ2n) is 5.51. The van der Waals surface area contributed by atoms with E-state index in [1.807, 2.05) is 33.8 Å². The smallest absolute Gasteiger partial charge is 0.251 e. The molecule has 19 heavy (non-hydrogen) atoms. The number of hydrogen-bond donors (Lipinski definition) is 2. The molecule has 2 N–H and O–H groups in total. The van der Waals surface area contributed by atoms with E-state index in [2.05, 4.69) is 17.2 Å². The van der Waals surface area contributed by atoms with E-state index in [0.29, 0.717) is 12.0 Å². The molecule has 0 atom stereocenters. The van der Waals surface area contributed by atoms with Gasteiger partial charge < -0.3 is 10.4 Å². The number of benzene rings is 1. The van der Waals surface area contributed by atoms with Crippen LogP contribution in [0.25, 0.3) is 0 Å². The zero-order valence-electron chi connectivity index (χ0n) is 12.0. The Bertz CT molecular complexity index is 516. The number of nitrogens with one attached hydrogen (secondary N) is 1. The predicted molar refractivity (Wildman–Crippen MR) is 77.0 cm³/mol. The first kappa shape index (κ1) is 15.3. The van der Waals surface area contributed by atoms with Crippen LogP contribution in [0.4, 0.5) is 0 Å². The van der Waals surface area contributed by atoms with Crippen LogP contribution in [0.2, 0.25) is 0 Å². The first-order valence-electron chi connectivity index (χ1n) is 6.36. The molecule has 0 bridgehead atoms. The minimum absolute atomic E-state index is 0.0518. The van der Waals surface area contributed by atoms with Crippen molar-refractivity contribution in [2.75, 3.05) is 6.61 Å². The summed E-state index contributed by atoms with van der Waals surface area (Å²) in [6.45, 7) is 7.84. The lowest BCUT2D eigenvalue weighted by Gasteiger charge is -2.20. The summed E-state index contributed by atoms with van der Waals surface area (Å²) < 4.78 is 0. The van der Waals surface area contributed by atoms with Gasteiger partial charge >= 0.3 is 0 Å². The summed E-state index contributed by atoms with van der Waals surface area (Å²) in [7, 11) is 0. The van der Waals surface area contributed by atoms with Gasteiger partial charge in [0.2, 0.25) is 0 Å². The van der Waals surface area contributed by atoms with Crippen molar-refractivity contribution >= 4 is 5.91 Å². The maximum Gasteiger partial charge on any atom is 0.251 e. The largest absolute Gasteiger partial charge is 0.395 e. The first-order valence-corrected chi connectivity index (χ1v) is 6.36. The molecule has 0 aliphatic carbocycles. The van der Waals surface area contributed by atoms with Gasteiger partial charge in [0.1, 0.15) is 0 Å². The summed E-state index contributed by atoms with van der Waals surface area (Å²) in [4.78, 5) is 12.1. The summed E-state index contributed by atoms with van der Waals surface area (Å²) >= 11 is 0. The number of amides is 1. The fourth-order valence-corrected chi connectivity index (χ4v) is 1.52. The highest BCUT2D eigenvalue weighted by molar-refractivity contribution is 5.95. The maximum absolute atomic E-state index is 12.1. The van der Waals surface area contributed by atoms with E-state index < -0.39 is 0 Å². The van der Waals surface area contributed by atoms with Crippen molar-refractivity contribution in [3.8, 4) is 11.8 Å². The third kappa shape index (κ3) is 5.15. The van der Waals surface area contributed by atoms with Gasteiger partial charge in [-0.05, 0) is 45.4 Å². The van der Waals surface area contributed by atoms with Crippen LogP contribution >= 0.6 is 0 Å². The molecule has 0 saturated carbocycles. The van der Waals surface area contributed by atoms with Gasteiger partial charge in [0, 0.05) is 23.1 Å². The third-order valence-corrected chi connectivity index (χ3v) is 2.45. The van der Waals surface area contributed by atoms with Crippen LogP contribution in [-0.2, 0) is 0 Å². The van der Waals surface area contributed by atoms with E-state index in [1.165, 1.54) is 0 Å². The zero-order chi connectivity index (χ0) is 14.5. The van der Waals surface area contributed by atoms with Crippen molar-refractivity contribution < 1.29 is 9.90 Å². The summed E-state index contributed by atoms with van der Waals surface area (Å²) in [5.74, 6) is 5.76. The Hall–Kier alpha value is -1.79. The van der Waals surface area contributed by atoms with Crippen LogP contribution < -0.4 is 5.32 Å². The van der Waals surface area contributed by atoms with Crippen LogP contribution in [0, 0.1) is 18.8 Å². The van der Waals surface area contributed by atoms with Crippen LogP contribution in [0.15, 0.2) is 18.2 Å². The molecule has 0 aliphatic heterocycles. The minimum atomic E-state index is -0.259. The van der Waals surface area contributed by atoms with Crippen molar-refractivity contribution in [2.24, 2.45) is 0 Å². The number of carbonyl (C=O) groups is 1. The number of aryl methyl sites for hydroxylation is 1. The Morgan fingerprint density at radius 3 is 2.63 bits per heavy atom. The van der Waals surface area contributed by atoms with Crippen LogP contribution in [0.5, 0.6) is 0 Å². The Labute approximate surface area is 115 Å². The lowest BCUT2D eigenvalue weighted by Crippen LogP contribution is -2.40. The number of hydrogen-bond acceptors (Lipinski definition) is 2. The van der Waals surface area contributed by atoms with Gasteiger partial charge in [0.25, 0.3) is 5.91 Å². The molecule has 0 saturated heterocycles. The summed E-state index contributed by atoms with van der Waals surface area (Å²) in [5.41, 5.74) is 2.20. The van der Waals surface area contributed by atoms with Crippen LogP contribution in [0.1, 0.15) is 48.7 Å². The van der Waals surface area contributed by atoms with Gasteiger partial charge in [-0.1, -0.05) is 17.9 Å². The van der Waals surface area contributed by atoms with Gasteiger partial charge in [-0.25, -0.2) is 0 Å². The normalized spacial score (nSPS) is 10.6. The van der Waals surface area contributed by atoms with E-state index in [1.54, 1.807) is 12.1 Å². The van der Waals surface area contributed by atoms with E-state index in [9.17, 15) is 4.79 Å². The van der Waals surface area contributed by atoms with Gasteiger partial charge in [-0.3, -0.25) is 4.79 Å². The molecule has 0 fully saturated rings. The molecule has 1 aromatic rings. The molecule has 0 heterocycles. The fraction of sp³-hybridized carbons (Fsp3) is 0.438. The molecule has 1 amide bonds. The van der Waals surface area contributed by atoms with E-state index in [-0.39, 0.29) is 18.1 Å². The average Bonchev–Trinajstić information content (AvgIpc) is 2.29. The third-order valence-electron chi connectivity index (χ3n) is 2.45. The van der Waals surface area contributed by atoms with Gasteiger partial charge in [0.05, 0.1) is 6.61 Å². The van der Waals surface area contributed by atoms with E-state index >= 15 is 0 Å². The SMILES string of the molecule is Cc1ccc(C(=O)NC(C)(C)C)cc1C#CCCO. The van der Waals surface area contributed by atoms with Crippen LogP contribution in [0.3, 0.4) is 0 Å². The Kier molecular flexibility index (Phi) is 5.14. The monoisotopic (exact) mass is 259 g/mol. The number of aliphatic hydroxyl groups is 1. The Morgan fingerprint density at radius 1 is 1.37 bits per heavy atom. The van der Waals surface area contributed by atoms with Gasteiger partial charge in [-0.2, -0.15) is 0 Å². The van der Waals surface area contributed by atoms with Crippen molar-refractivity contribution in [3.05, 3.63) is 34.9 Å². The molecule has 3 nitrogen and oxygen atoms in total. The molecule has 0 aromatic heterocycles. The minimum Gasteiger partial charge on any atom is -0.395 e. The summed E-state index contributed by atoms with van der Waals surface area (Å²) in [6, 6.07) is 5.48.